The second-order valence-corrected chi connectivity index (χ2v) is 5.20. The Labute approximate surface area is 119 Å². The predicted octanol–water partition coefficient (Wildman–Crippen LogP) is 4.21. The van der Waals surface area contributed by atoms with Crippen molar-refractivity contribution in [2.75, 3.05) is 0 Å². The van der Waals surface area contributed by atoms with Gasteiger partial charge in [0.25, 0.3) is 0 Å². The van der Waals surface area contributed by atoms with Crippen molar-refractivity contribution < 1.29 is 18.3 Å². The summed E-state index contributed by atoms with van der Waals surface area (Å²) >= 11 is 5.82. The molecule has 0 spiro atoms. The van der Waals surface area contributed by atoms with Gasteiger partial charge in [0.1, 0.15) is 17.5 Å². The molecule has 2 aromatic carbocycles. The van der Waals surface area contributed by atoms with E-state index in [-0.39, 0.29) is 17.0 Å². The number of hydrogen-bond acceptors (Lipinski definition) is 1. The van der Waals surface area contributed by atoms with Gasteiger partial charge in [0.2, 0.25) is 0 Å². The lowest BCUT2D eigenvalue weighted by molar-refractivity contribution is 0.0569. The highest BCUT2D eigenvalue weighted by Gasteiger charge is 2.26. The van der Waals surface area contributed by atoms with Gasteiger partial charge in [-0.05, 0) is 36.2 Å². The molecule has 0 aromatic heterocycles. The largest absolute Gasteiger partial charge is 0.385 e. The molecule has 0 saturated carbocycles. The molecule has 0 bridgehead atoms. The van der Waals surface area contributed by atoms with Crippen LogP contribution in [0.15, 0.2) is 36.4 Å². The maximum atomic E-state index is 13.4. The molecule has 1 atom stereocenters. The van der Waals surface area contributed by atoms with Gasteiger partial charge >= 0.3 is 0 Å². The number of rotatable bonds is 3. The van der Waals surface area contributed by atoms with Gasteiger partial charge in [-0.3, -0.25) is 0 Å². The smallest absolute Gasteiger partial charge is 0.142 e. The van der Waals surface area contributed by atoms with E-state index in [2.05, 4.69) is 0 Å². The van der Waals surface area contributed by atoms with Crippen LogP contribution in [-0.4, -0.2) is 5.11 Å². The van der Waals surface area contributed by atoms with Gasteiger partial charge in [-0.15, -0.1) is 0 Å². The van der Waals surface area contributed by atoms with Crippen molar-refractivity contribution in [2.45, 2.75) is 18.9 Å². The lowest BCUT2D eigenvalue weighted by Crippen LogP contribution is -2.25. The molecule has 0 amide bonds. The topological polar surface area (TPSA) is 20.2 Å². The van der Waals surface area contributed by atoms with Gasteiger partial charge in [-0.25, -0.2) is 13.2 Å². The Balaban J connectivity index is 2.37. The molecule has 0 aliphatic heterocycles. The molecule has 0 fully saturated rings. The predicted molar refractivity (Wildman–Crippen MR) is 71.0 cm³/mol. The third-order valence-corrected chi connectivity index (χ3v) is 3.47. The third kappa shape index (κ3) is 3.14. The maximum absolute atomic E-state index is 13.4. The summed E-state index contributed by atoms with van der Waals surface area (Å²) < 4.78 is 39.8. The van der Waals surface area contributed by atoms with Gasteiger partial charge in [0, 0.05) is 12.5 Å². The van der Waals surface area contributed by atoms with Gasteiger partial charge < -0.3 is 5.11 Å². The van der Waals surface area contributed by atoms with Crippen LogP contribution >= 0.6 is 11.6 Å². The SMILES string of the molecule is CC(O)(Cc1cccc(F)c1Cl)c1cc(F)cc(F)c1. The fraction of sp³-hybridized carbons (Fsp3) is 0.200. The van der Waals surface area contributed by atoms with E-state index in [1.807, 2.05) is 0 Å². The molecule has 0 heterocycles. The fourth-order valence-corrected chi connectivity index (χ4v) is 2.22. The van der Waals surface area contributed by atoms with E-state index in [1.165, 1.54) is 19.1 Å². The van der Waals surface area contributed by atoms with E-state index in [1.54, 1.807) is 6.07 Å². The Morgan fingerprint density at radius 3 is 2.30 bits per heavy atom. The molecule has 5 heteroatoms. The van der Waals surface area contributed by atoms with E-state index in [4.69, 9.17) is 11.6 Å². The summed E-state index contributed by atoms with van der Waals surface area (Å²) in [7, 11) is 0. The van der Waals surface area contributed by atoms with Crippen molar-refractivity contribution in [1.29, 1.82) is 0 Å². The van der Waals surface area contributed by atoms with E-state index in [0.29, 0.717) is 5.56 Å². The molecule has 2 rings (SSSR count). The minimum atomic E-state index is -1.57. The van der Waals surface area contributed by atoms with Crippen LogP contribution in [0.2, 0.25) is 5.02 Å². The minimum absolute atomic E-state index is 0.0630. The second-order valence-electron chi connectivity index (χ2n) is 4.82. The monoisotopic (exact) mass is 300 g/mol. The highest BCUT2D eigenvalue weighted by Crippen LogP contribution is 2.30. The molecule has 1 unspecified atom stereocenters. The standard InChI is InChI=1S/C15H12ClF3O/c1-15(20,10-5-11(17)7-12(18)6-10)8-9-3-2-4-13(19)14(9)16/h2-7,20H,8H2,1H3. The first-order valence-electron chi connectivity index (χ1n) is 5.91. The van der Waals surface area contributed by atoms with E-state index in [0.717, 1.165) is 18.2 Å². The van der Waals surface area contributed by atoms with Crippen LogP contribution in [-0.2, 0) is 12.0 Å². The van der Waals surface area contributed by atoms with Gasteiger partial charge in [0.15, 0.2) is 0 Å². The average molecular weight is 301 g/mol. The van der Waals surface area contributed by atoms with Crippen LogP contribution in [0.25, 0.3) is 0 Å². The van der Waals surface area contributed by atoms with Gasteiger partial charge in [-0.1, -0.05) is 23.7 Å². The van der Waals surface area contributed by atoms with Crippen LogP contribution in [0.5, 0.6) is 0 Å². The summed E-state index contributed by atoms with van der Waals surface area (Å²) in [6.07, 6.45) is -0.0630. The van der Waals surface area contributed by atoms with Crippen LogP contribution < -0.4 is 0 Å². The molecule has 1 nitrogen and oxygen atoms in total. The maximum Gasteiger partial charge on any atom is 0.142 e. The van der Waals surface area contributed by atoms with Crippen molar-refractivity contribution in [3.8, 4) is 0 Å². The zero-order valence-electron chi connectivity index (χ0n) is 10.6. The van der Waals surface area contributed by atoms with Gasteiger partial charge in [-0.2, -0.15) is 0 Å². The first-order valence-corrected chi connectivity index (χ1v) is 6.29. The van der Waals surface area contributed by atoms with Crippen LogP contribution in [0.4, 0.5) is 13.2 Å². The number of hydrogen-bond donors (Lipinski definition) is 1. The molecule has 20 heavy (non-hydrogen) atoms. The highest BCUT2D eigenvalue weighted by molar-refractivity contribution is 6.31. The molecule has 106 valence electrons. The molecule has 0 radical (unpaired) electrons. The Bertz CT molecular complexity index is 621. The second kappa shape index (κ2) is 5.46. The number of benzene rings is 2. The number of aliphatic hydroxyl groups is 1. The van der Waals surface area contributed by atoms with E-state index >= 15 is 0 Å². The Morgan fingerprint density at radius 1 is 1.10 bits per heavy atom. The Kier molecular flexibility index (Phi) is 4.06. The lowest BCUT2D eigenvalue weighted by Gasteiger charge is -2.24. The summed E-state index contributed by atoms with van der Waals surface area (Å²) in [5.74, 6) is -2.18. The zero-order chi connectivity index (χ0) is 14.9. The van der Waals surface area contributed by atoms with Crippen molar-refractivity contribution >= 4 is 11.6 Å². The average Bonchev–Trinajstić information content (AvgIpc) is 2.33. The number of halogens is 4. The Hall–Kier alpha value is -1.52. The quantitative estimate of drug-likeness (QED) is 0.900. The van der Waals surface area contributed by atoms with Crippen molar-refractivity contribution in [2.24, 2.45) is 0 Å². The van der Waals surface area contributed by atoms with Crippen molar-refractivity contribution in [3.63, 3.8) is 0 Å². The summed E-state index contributed by atoms with van der Waals surface area (Å²) in [6.45, 7) is 1.39. The van der Waals surface area contributed by atoms with E-state index < -0.39 is 23.1 Å². The first kappa shape index (κ1) is 14.9. The van der Waals surface area contributed by atoms with Crippen LogP contribution in [0.3, 0.4) is 0 Å². The molecular formula is C15H12ClF3O. The fourth-order valence-electron chi connectivity index (χ4n) is 2.02. The van der Waals surface area contributed by atoms with Crippen LogP contribution in [0, 0.1) is 17.5 Å². The zero-order valence-corrected chi connectivity index (χ0v) is 11.4. The first-order chi connectivity index (χ1) is 9.29. The van der Waals surface area contributed by atoms with Crippen LogP contribution in [0.1, 0.15) is 18.1 Å². The summed E-state index contributed by atoms with van der Waals surface area (Å²) in [4.78, 5) is 0. The molecule has 0 aliphatic rings. The highest BCUT2D eigenvalue weighted by atomic mass is 35.5. The Morgan fingerprint density at radius 2 is 1.70 bits per heavy atom. The van der Waals surface area contributed by atoms with Crippen molar-refractivity contribution in [3.05, 3.63) is 70.0 Å². The van der Waals surface area contributed by atoms with Crippen molar-refractivity contribution in [1.82, 2.24) is 0 Å². The molecule has 1 N–H and O–H groups in total. The van der Waals surface area contributed by atoms with E-state index in [9.17, 15) is 18.3 Å². The summed E-state index contributed by atoms with van der Waals surface area (Å²) in [6, 6.07) is 7.00. The molecule has 2 aromatic rings. The molecular weight excluding hydrogens is 289 g/mol. The molecule has 0 aliphatic carbocycles. The third-order valence-electron chi connectivity index (χ3n) is 3.05. The minimum Gasteiger partial charge on any atom is -0.385 e. The lowest BCUT2D eigenvalue weighted by atomic mass is 9.89. The normalized spacial score (nSPS) is 14.1. The summed E-state index contributed by atoms with van der Waals surface area (Å²) in [5, 5.41) is 10.3. The summed E-state index contributed by atoms with van der Waals surface area (Å²) in [5.41, 5.74) is -1.14. The molecule has 0 saturated heterocycles. The van der Waals surface area contributed by atoms with Gasteiger partial charge in [0.05, 0.1) is 10.6 Å².